The van der Waals surface area contributed by atoms with E-state index >= 15 is 0 Å². The highest BCUT2D eigenvalue weighted by atomic mass is 35.5. The predicted molar refractivity (Wildman–Crippen MR) is 107 cm³/mol. The van der Waals surface area contributed by atoms with Crippen molar-refractivity contribution in [2.24, 2.45) is 0 Å². The lowest BCUT2D eigenvalue weighted by Crippen LogP contribution is -2.10. The topological polar surface area (TPSA) is 47.8 Å². The van der Waals surface area contributed by atoms with E-state index in [0.717, 1.165) is 22.4 Å². The molecule has 3 aromatic rings. The molecular weight excluding hydrogens is 389 g/mol. The Bertz CT molecular complexity index is 906. The Kier molecular flexibility index (Phi) is 6.01. The maximum absolute atomic E-state index is 11.5. The Labute approximate surface area is 166 Å². The summed E-state index contributed by atoms with van der Waals surface area (Å²) in [4.78, 5) is 21.1. The highest BCUT2D eigenvalue weighted by Gasteiger charge is 2.24. The number of carbonyl (C=O) groups excluding carboxylic acids is 1. The van der Waals surface area contributed by atoms with Gasteiger partial charge in [-0.05, 0) is 41.3 Å². The van der Waals surface area contributed by atoms with E-state index in [1.54, 1.807) is 36.4 Å². The molecule has 0 radical (unpaired) electrons. The van der Waals surface area contributed by atoms with Gasteiger partial charge >= 0.3 is 0 Å². The van der Waals surface area contributed by atoms with Gasteiger partial charge < -0.3 is 0 Å². The van der Waals surface area contributed by atoms with Crippen LogP contribution in [0.4, 0.5) is 0 Å². The molecule has 1 aromatic carbocycles. The van der Waals surface area contributed by atoms with E-state index in [0.29, 0.717) is 15.9 Å². The third-order valence-corrected chi connectivity index (χ3v) is 5.57. The first-order valence-corrected chi connectivity index (χ1v) is 9.67. The summed E-state index contributed by atoms with van der Waals surface area (Å²) in [5.41, 5.74) is 2.17. The Balaban J connectivity index is 2.13. The summed E-state index contributed by atoms with van der Waals surface area (Å²) in [5, 5.41) is 0.928. The SMILES string of the molecule is CC(C)c1cnccc1C(Sc1cc(Cl)cc(Cl)c1)c1nccn1C=O. The van der Waals surface area contributed by atoms with Crippen molar-refractivity contribution in [3.63, 3.8) is 0 Å². The zero-order valence-electron chi connectivity index (χ0n) is 14.3. The quantitative estimate of drug-likeness (QED) is 0.393. The number of imidazole rings is 1. The number of pyridine rings is 1. The van der Waals surface area contributed by atoms with Gasteiger partial charge in [-0.15, -0.1) is 11.8 Å². The number of halogens is 2. The average molecular weight is 406 g/mol. The Hall–Kier alpha value is -1.82. The second-order valence-electron chi connectivity index (χ2n) is 6.06. The van der Waals surface area contributed by atoms with Gasteiger partial charge in [-0.25, -0.2) is 4.98 Å². The second-order valence-corrected chi connectivity index (χ2v) is 8.11. The first-order valence-electron chi connectivity index (χ1n) is 8.04. The van der Waals surface area contributed by atoms with Gasteiger partial charge in [0.15, 0.2) is 0 Å². The van der Waals surface area contributed by atoms with Crippen LogP contribution in [-0.4, -0.2) is 20.9 Å². The molecular formula is C19H17Cl2N3OS. The molecule has 0 amide bonds. The first kappa shape index (κ1) is 19.0. The fourth-order valence-electron chi connectivity index (χ4n) is 2.74. The molecule has 2 heterocycles. The molecule has 0 saturated carbocycles. The van der Waals surface area contributed by atoms with Gasteiger partial charge in [0, 0.05) is 39.7 Å². The third kappa shape index (κ3) is 4.11. The molecule has 0 N–H and O–H groups in total. The predicted octanol–water partition coefficient (Wildman–Crippen LogP) is 5.63. The van der Waals surface area contributed by atoms with Crippen LogP contribution in [0.1, 0.15) is 42.0 Å². The van der Waals surface area contributed by atoms with Crippen molar-refractivity contribution < 1.29 is 4.79 Å². The number of aromatic nitrogens is 3. The molecule has 3 rings (SSSR count). The van der Waals surface area contributed by atoms with Crippen molar-refractivity contribution in [1.82, 2.24) is 14.5 Å². The lowest BCUT2D eigenvalue weighted by atomic mass is 9.97. The van der Waals surface area contributed by atoms with Gasteiger partial charge in [0.25, 0.3) is 0 Å². The van der Waals surface area contributed by atoms with E-state index in [9.17, 15) is 4.79 Å². The van der Waals surface area contributed by atoms with Crippen molar-refractivity contribution in [3.05, 3.63) is 76.0 Å². The van der Waals surface area contributed by atoms with Gasteiger partial charge in [-0.2, -0.15) is 0 Å². The second kappa shape index (κ2) is 8.25. The van der Waals surface area contributed by atoms with Crippen molar-refractivity contribution in [2.75, 3.05) is 0 Å². The highest BCUT2D eigenvalue weighted by Crippen LogP contribution is 2.43. The largest absolute Gasteiger partial charge is 0.278 e. The van der Waals surface area contributed by atoms with Crippen LogP contribution >= 0.6 is 35.0 Å². The molecule has 0 aliphatic rings. The highest BCUT2D eigenvalue weighted by molar-refractivity contribution is 7.99. The molecule has 4 nitrogen and oxygen atoms in total. The van der Waals surface area contributed by atoms with Crippen LogP contribution in [0.15, 0.2) is 53.9 Å². The number of hydrogen-bond acceptors (Lipinski definition) is 4. The lowest BCUT2D eigenvalue weighted by molar-refractivity contribution is 0.545. The van der Waals surface area contributed by atoms with E-state index < -0.39 is 0 Å². The molecule has 0 aliphatic carbocycles. The van der Waals surface area contributed by atoms with E-state index in [1.165, 1.54) is 4.57 Å². The minimum absolute atomic E-state index is 0.204. The van der Waals surface area contributed by atoms with Crippen LogP contribution in [0.3, 0.4) is 0 Å². The van der Waals surface area contributed by atoms with Crippen LogP contribution in [0, 0.1) is 0 Å². The number of carbonyl (C=O) groups is 1. The number of rotatable bonds is 6. The smallest absolute Gasteiger partial charge is 0.219 e. The van der Waals surface area contributed by atoms with Gasteiger partial charge in [0.05, 0.1) is 5.25 Å². The molecule has 0 bridgehead atoms. The standard InChI is InChI=1S/C19H17Cl2N3OS/c1-12(2)17-10-22-4-3-16(17)18(19-23-5-6-24(19)11-25)26-15-8-13(20)7-14(21)9-15/h3-12,18H,1-2H3. The molecule has 1 atom stereocenters. The molecule has 1 unspecified atom stereocenters. The fourth-order valence-corrected chi connectivity index (χ4v) is 4.69. The van der Waals surface area contributed by atoms with Crippen molar-refractivity contribution in [2.45, 2.75) is 29.9 Å². The zero-order valence-corrected chi connectivity index (χ0v) is 16.6. The summed E-state index contributed by atoms with van der Waals surface area (Å²) in [5.74, 6) is 0.929. The minimum Gasteiger partial charge on any atom is -0.278 e. The summed E-state index contributed by atoms with van der Waals surface area (Å²) in [6.45, 7) is 4.23. The molecule has 0 aliphatic heterocycles. The first-order chi connectivity index (χ1) is 12.5. The number of benzene rings is 1. The fraction of sp³-hybridized carbons (Fsp3) is 0.211. The summed E-state index contributed by atoms with van der Waals surface area (Å²) in [6.07, 6.45) is 7.66. The van der Waals surface area contributed by atoms with E-state index in [4.69, 9.17) is 23.2 Å². The van der Waals surface area contributed by atoms with Crippen LogP contribution in [0.2, 0.25) is 10.0 Å². The average Bonchev–Trinajstić information content (AvgIpc) is 3.07. The molecule has 7 heteroatoms. The van der Waals surface area contributed by atoms with Gasteiger partial charge in [-0.1, -0.05) is 37.0 Å². The Morgan fingerprint density at radius 1 is 1.12 bits per heavy atom. The number of nitrogens with zero attached hydrogens (tertiary/aromatic N) is 3. The summed E-state index contributed by atoms with van der Waals surface area (Å²) in [6, 6.07) is 7.38. The molecule has 134 valence electrons. The summed E-state index contributed by atoms with van der Waals surface area (Å²) in [7, 11) is 0. The minimum atomic E-state index is -0.204. The zero-order chi connectivity index (χ0) is 18.7. The van der Waals surface area contributed by atoms with Gasteiger partial charge in [0.1, 0.15) is 5.82 Å². The monoisotopic (exact) mass is 405 g/mol. The molecule has 0 spiro atoms. The van der Waals surface area contributed by atoms with E-state index in [1.807, 2.05) is 24.4 Å². The molecule has 26 heavy (non-hydrogen) atoms. The van der Waals surface area contributed by atoms with Crippen LogP contribution in [-0.2, 0) is 4.79 Å². The van der Waals surface area contributed by atoms with Gasteiger partial charge in [0.2, 0.25) is 6.41 Å². The van der Waals surface area contributed by atoms with Crippen LogP contribution in [0.25, 0.3) is 0 Å². The summed E-state index contributed by atoms with van der Waals surface area (Å²) >= 11 is 13.9. The van der Waals surface area contributed by atoms with Crippen molar-refractivity contribution in [1.29, 1.82) is 0 Å². The van der Waals surface area contributed by atoms with Crippen molar-refractivity contribution >= 4 is 41.4 Å². The third-order valence-electron chi connectivity index (χ3n) is 3.93. The Morgan fingerprint density at radius 2 is 1.85 bits per heavy atom. The van der Waals surface area contributed by atoms with Crippen LogP contribution < -0.4 is 0 Å². The molecule has 0 saturated heterocycles. The Morgan fingerprint density at radius 3 is 2.50 bits per heavy atom. The number of thioether (sulfide) groups is 1. The van der Waals surface area contributed by atoms with E-state index in [-0.39, 0.29) is 11.2 Å². The van der Waals surface area contributed by atoms with Gasteiger partial charge in [-0.3, -0.25) is 14.3 Å². The number of hydrogen-bond donors (Lipinski definition) is 0. The van der Waals surface area contributed by atoms with Crippen LogP contribution in [0.5, 0.6) is 0 Å². The normalized spacial score (nSPS) is 12.3. The maximum Gasteiger partial charge on any atom is 0.219 e. The molecule has 0 fully saturated rings. The summed E-state index contributed by atoms with van der Waals surface area (Å²) < 4.78 is 1.49. The van der Waals surface area contributed by atoms with E-state index in [2.05, 4.69) is 23.8 Å². The van der Waals surface area contributed by atoms with Crippen molar-refractivity contribution in [3.8, 4) is 0 Å². The lowest BCUT2D eigenvalue weighted by Gasteiger charge is -2.21. The maximum atomic E-state index is 11.5. The molecule has 2 aromatic heterocycles.